The van der Waals surface area contributed by atoms with Gasteiger partial charge in [0, 0.05) is 23.1 Å². The maximum atomic E-state index is 5.31. The van der Waals surface area contributed by atoms with Gasteiger partial charge in [-0.2, -0.15) is 0 Å². The first-order chi connectivity index (χ1) is 9.86. The summed E-state index contributed by atoms with van der Waals surface area (Å²) in [6.07, 6.45) is 7.74. The zero-order chi connectivity index (χ0) is 13.5. The molecule has 0 spiro atoms. The van der Waals surface area contributed by atoms with Crippen LogP contribution < -0.4 is 4.74 Å². The third kappa shape index (κ3) is 2.01. The molecule has 106 valence electrons. The van der Waals surface area contributed by atoms with Crippen LogP contribution in [0.5, 0.6) is 5.75 Å². The van der Waals surface area contributed by atoms with E-state index in [4.69, 9.17) is 4.74 Å². The number of hydrogen-bond donors (Lipinski definition) is 0. The van der Waals surface area contributed by atoms with E-state index in [1.54, 1.807) is 7.11 Å². The Kier molecular flexibility index (Phi) is 2.95. The molecule has 1 aromatic carbocycles. The van der Waals surface area contributed by atoms with Gasteiger partial charge in [0.2, 0.25) is 0 Å². The summed E-state index contributed by atoms with van der Waals surface area (Å²) in [4.78, 5) is 2.70. The van der Waals surface area contributed by atoms with Gasteiger partial charge >= 0.3 is 0 Å². The van der Waals surface area contributed by atoms with Crippen LogP contribution in [0.3, 0.4) is 0 Å². The number of benzene rings is 1. The van der Waals surface area contributed by atoms with Crippen molar-refractivity contribution in [3.63, 3.8) is 0 Å². The molecule has 0 bridgehead atoms. The van der Waals surface area contributed by atoms with Crippen molar-refractivity contribution in [3.8, 4) is 5.75 Å². The highest BCUT2D eigenvalue weighted by Crippen LogP contribution is 2.43. The van der Waals surface area contributed by atoms with Crippen LogP contribution in [-0.4, -0.2) is 35.7 Å². The Hall–Kier alpha value is -1.48. The molecular weight excluding hydrogens is 248 g/mol. The minimum absolute atomic E-state index is 0.680. The summed E-state index contributed by atoms with van der Waals surface area (Å²) in [7, 11) is 1.73. The second kappa shape index (κ2) is 4.81. The third-order valence-corrected chi connectivity index (χ3v) is 4.87. The highest BCUT2D eigenvalue weighted by Gasteiger charge is 2.43. The van der Waals surface area contributed by atoms with Crippen molar-refractivity contribution >= 4 is 10.9 Å². The molecule has 2 unspecified atom stereocenters. The molecule has 0 radical (unpaired) electrons. The SMILES string of the molecule is COc1ccc2c(ccn2C2CC2N2CCCCC2)c1. The summed E-state index contributed by atoms with van der Waals surface area (Å²) in [5.41, 5.74) is 1.34. The molecular formula is C17H22N2O. The molecule has 0 N–H and O–H groups in total. The molecule has 3 nitrogen and oxygen atoms in total. The van der Waals surface area contributed by atoms with Crippen LogP contribution in [-0.2, 0) is 0 Å². The molecule has 2 atom stereocenters. The molecule has 4 rings (SSSR count). The van der Waals surface area contributed by atoms with Gasteiger partial charge in [0.15, 0.2) is 0 Å². The number of hydrogen-bond acceptors (Lipinski definition) is 2. The van der Waals surface area contributed by atoms with Crippen LogP contribution in [0.1, 0.15) is 31.7 Å². The predicted octanol–water partition coefficient (Wildman–Crippen LogP) is 3.45. The monoisotopic (exact) mass is 270 g/mol. The molecule has 1 aliphatic heterocycles. The lowest BCUT2D eigenvalue weighted by Gasteiger charge is -2.26. The molecule has 2 heterocycles. The number of aromatic nitrogens is 1. The van der Waals surface area contributed by atoms with Gasteiger partial charge in [-0.15, -0.1) is 0 Å². The lowest BCUT2D eigenvalue weighted by Crippen LogP contribution is -2.32. The fourth-order valence-corrected chi connectivity index (χ4v) is 3.67. The Balaban J connectivity index is 1.57. The van der Waals surface area contributed by atoms with Crippen LogP contribution in [0, 0.1) is 0 Å². The molecule has 1 saturated carbocycles. The van der Waals surface area contributed by atoms with Gasteiger partial charge in [0.25, 0.3) is 0 Å². The second-order valence-corrected chi connectivity index (χ2v) is 6.11. The predicted molar refractivity (Wildman–Crippen MR) is 81.4 cm³/mol. The maximum absolute atomic E-state index is 5.31. The first-order valence-corrected chi connectivity index (χ1v) is 7.75. The molecule has 0 amide bonds. The minimum Gasteiger partial charge on any atom is -0.497 e. The Morgan fingerprint density at radius 2 is 1.90 bits per heavy atom. The third-order valence-electron chi connectivity index (χ3n) is 4.87. The van der Waals surface area contributed by atoms with E-state index in [2.05, 4.69) is 39.9 Å². The van der Waals surface area contributed by atoms with Crippen LogP contribution in [0.15, 0.2) is 30.5 Å². The van der Waals surface area contributed by atoms with Crippen LogP contribution >= 0.6 is 0 Å². The number of likely N-dealkylation sites (tertiary alicyclic amines) is 1. The highest BCUT2D eigenvalue weighted by atomic mass is 16.5. The van der Waals surface area contributed by atoms with E-state index in [-0.39, 0.29) is 0 Å². The van der Waals surface area contributed by atoms with Gasteiger partial charge in [-0.1, -0.05) is 6.42 Å². The van der Waals surface area contributed by atoms with E-state index in [0.717, 1.165) is 11.8 Å². The first-order valence-electron chi connectivity index (χ1n) is 7.75. The minimum atomic E-state index is 0.680. The van der Waals surface area contributed by atoms with E-state index in [1.807, 2.05) is 0 Å². The summed E-state index contributed by atoms with van der Waals surface area (Å²) in [5.74, 6) is 0.943. The highest BCUT2D eigenvalue weighted by molar-refractivity contribution is 5.82. The molecule has 2 aliphatic rings. The fourth-order valence-electron chi connectivity index (χ4n) is 3.67. The molecule has 1 aromatic heterocycles. The zero-order valence-electron chi connectivity index (χ0n) is 12.1. The Morgan fingerprint density at radius 3 is 2.70 bits per heavy atom. The Morgan fingerprint density at radius 1 is 1.05 bits per heavy atom. The normalized spacial score (nSPS) is 26.9. The molecule has 20 heavy (non-hydrogen) atoms. The average molecular weight is 270 g/mol. The molecule has 2 aromatic rings. The van der Waals surface area contributed by atoms with E-state index in [9.17, 15) is 0 Å². The summed E-state index contributed by atoms with van der Waals surface area (Å²) in [6.45, 7) is 2.60. The summed E-state index contributed by atoms with van der Waals surface area (Å²) < 4.78 is 7.77. The van der Waals surface area contributed by atoms with Crippen molar-refractivity contribution in [3.05, 3.63) is 30.5 Å². The van der Waals surface area contributed by atoms with Crippen molar-refractivity contribution in [1.82, 2.24) is 9.47 Å². The quantitative estimate of drug-likeness (QED) is 0.850. The van der Waals surface area contributed by atoms with Crippen molar-refractivity contribution in [2.24, 2.45) is 0 Å². The van der Waals surface area contributed by atoms with Gasteiger partial charge in [-0.25, -0.2) is 0 Å². The standard InChI is InChI=1S/C17H22N2O/c1-20-14-5-6-15-13(11-14)7-10-19(15)17-12-16(17)18-8-3-2-4-9-18/h5-7,10-11,16-17H,2-4,8-9,12H2,1H3. The van der Waals surface area contributed by atoms with Gasteiger partial charge < -0.3 is 9.30 Å². The van der Waals surface area contributed by atoms with Crippen molar-refractivity contribution < 1.29 is 4.74 Å². The van der Waals surface area contributed by atoms with Crippen LogP contribution in [0.25, 0.3) is 10.9 Å². The number of methoxy groups -OCH3 is 1. The number of rotatable bonds is 3. The number of ether oxygens (including phenoxy) is 1. The van der Waals surface area contributed by atoms with E-state index in [0.29, 0.717) is 6.04 Å². The lowest BCUT2D eigenvalue weighted by atomic mass is 10.1. The van der Waals surface area contributed by atoms with Gasteiger partial charge in [0.1, 0.15) is 5.75 Å². The Labute approximate surface area is 120 Å². The van der Waals surface area contributed by atoms with E-state index < -0.39 is 0 Å². The Bertz CT molecular complexity index is 612. The zero-order valence-corrected chi connectivity index (χ0v) is 12.1. The van der Waals surface area contributed by atoms with E-state index in [1.165, 1.54) is 49.7 Å². The van der Waals surface area contributed by atoms with Gasteiger partial charge in [-0.3, -0.25) is 4.90 Å². The van der Waals surface area contributed by atoms with Crippen LogP contribution in [0.4, 0.5) is 0 Å². The molecule has 3 heteroatoms. The van der Waals surface area contributed by atoms with E-state index >= 15 is 0 Å². The average Bonchev–Trinajstić information content (AvgIpc) is 3.20. The van der Waals surface area contributed by atoms with Crippen molar-refractivity contribution in [1.29, 1.82) is 0 Å². The largest absolute Gasteiger partial charge is 0.497 e. The fraction of sp³-hybridized carbons (Fsp3) is 0.529. The van der Waals surface area contributed by atoms with Gasteiger partial charge in [-0.05, 0) is 56.6 Å². The molecule has 1 saturated heterocycles. The van der Waals surface area contributed by atoms with Crippen LogP contribution in [0.2, 0.25) is 0 Å². The number of nitrogens with zero attached hydrogens (tertiary/aromatic N) is 2. The summed E-state index contributed by atoms with van der Waals surface area (Å²) in [5, 5.41) is 1.29. The topological polar surface area (TPSA) is 17.4 Å². The smallest absolute Gasteiger partial charge is 0.119 e. The number of piperidine rings is 1. The lowest BCUT2D eigenvalue weighted by molar-refractivity contribution is 0.210. The van der Waals surface area contributed by atoms with Gasteiger partial charge in [0.05, 0.1) is 13.2 Å². The second-order valence-electron chi connectivity index (χ2n) is 6.11. The molecule has 2 fully saturated rings. The van der Waals surface area contributed by atoms with Crippen molar-refractivity contribution in [2.75, 3.05) is 20.2 Å². The summed E-state index contributed by atoms with van der Waals surface area (Å²) in [6, 6.07) is 10.1. The molecule has 1 aliphatic carbocycles. The first kappa shape index (κ1) is 12.3. The van der Waals surface area contributed by atoms with Crippen molar-refractivity contribution in [2.45, 2.75) is 37.8 Å². The summed E-state index contributed by atoms with van der Waals surface area (Å²) >= 11 is 0. The number of fused-ring (bicyclic) bond motifs is 1. The maximum Gasteiger partial charge on any atom is 0.119 e.